The lowest BCUT2D eigenvalue weighted by molar-refractivity contribution is 0.0710. The van der Waals surface area contributed by atoms with Crippen molar-refractivity contribution in [1.82, 2.24) is 9.88 Å². The molecule has 3 rings (SSSR count). The lowest BCUT2D eigenvalue weighted by atomic mass is 9.96. The Labute approximate surface area is 147 Å². The molecule has 0 spiro atoms. The fourth-order valence-corrected chi connectivity index (χ4v) is 4.09. The number of phenolic OH excluding ortho intramolecular Hbond substituents is 1. The van der Waals surface area contributed by atoms with Crippen LogP contribution in [0.1, 0.15) is 64.3 Å². The number of carbonyl (C=O) groups excluding carboxylic acids is 1. The Morgan fingerprint density at radius 3 is 2.58 bits per heavy atom. The number of likely N-dealkylation sites (tertiary alicyclic amines) is 1. The number of aromatic nitrogens is 1. The fraction of sp³-hybridized carbons (Fsp3) is 0.474. The zero-order chi connectivity index (χ0) is 17.3. The number of benzene rings is 1. The maximum atomic E-state index is 12.7. The van der Waals surface area contributed by atoms with Crippen LogP contribution in [0.25, 0.3) is 0 Å². The van der Waals surface area contributed by atoms with E-state index in [0.29, 0.717) is 30.5 Å². The van der Waals surface area contributed by atoms with Crippen LogP contribution in [0.4, 0.5) is 0 Å². The summed E-state index contributed by atoms with van der Waals surface area (Å²) < 4.78 is 0. The second-order valence-electron chi connectivity index (χ2n) is 6.81. The number of hydrogen-bond acceptors (Lipinski definition) is 4. The number of rotatable bonds is 3. The topological polar surface area (TPSA) is 53.4 Å². The first-order valence-electron chi connectivity index (χ1n) is 8.50. The predicted octanol–water partition coefficient (Wildman–Crippen LogP) is 4.30. The number of nitrogens with zero attached hydrogens (tertiary/aromatic N) is 2. The van der Waals surface area contributed by atoms with Crippen molar-refractivity contribution in [3.8, 4) is 5.75 Å². The molecule has 0 atom stereocenters. The molecule has 0 unspecified atom stereocenters. The highest BCUT2D eigenvalue weighted by Crippen LogP contribution is 2.32. The van der Waals surface area contributed by atoms with Crippen molar-refractivity contribution in [2.45, 2.75) is 45.4 Å². The molecule has 1 fully saturated rings. The molecule has 5 heteroatoms. The van der Waals surface area contributed by atoms with E-state index in [0.717, 1.165) is 18.4 Å². The zero-order valence-corrected chi connectivity index (χ0v) is 15.3. The van der Waals surface area contributed by atoms with Gasteiger partial charge in [-0.1, -0.05) is 19.9 Å². The summed E-state index contributed by atoms with van der Waals surface area (Å²) in [7, 11) is 0. The maximum Gasteiger partial charge on any atom is 0.257 e. The summed E-state index contributed by atoms with van der Waals surface area (Å²) in [6.45, 7) is 7.65. The van der Waals surface area contributed by atoms with Gasteiger partial charge in [-0.2, -0.15) is 0 Å². The first kappa shape index (κ1) is 17.0. The highest BCUT2D eigenvalue weighted by Gasteiger charge is 2.27. The van der Waals surface area contributed by atoms with Crippen molar-refractivity contribution < 1.29 is 9.90 Å². The van der Waals surface area contributed by atoms with Gasteiger partial charge in [-0.3, -0.25) is 4.79 Å². The second-order valence-corrected chi connectivity index (χ2v) is 8.07. The number of carbonyl (C=O) groups is 1. The summed E-state index contributed by atoms with van der Waals surface area (Å²) in [5.41, 5.74) is 1.45. The summed E-state index contributed by atoms with van der Waals surface area (Å²) in [6, 6.07) is 5.40. The van der Waals surface area contributed by atoms with Gasteiger partial charge >= 0.3 is 0 Å². The maximum absolute atomic E-state index is 12.7. The number of phenols is 1. The lowest BCUT2D eigenvalue weighted by Crippen LogP contribution is -2.37. The number of amides is 1. The van der Waals surface area contributed by atoms with Gasteiger partial charge in [0.05, 0.1) is 10.6 Å². The molecule has 1 aliphatic rings. The Bertz CT molecular complexity index is 731. The molecule has 1 amide bonds. The number of piperidine rings is 1. The lowest BCUT2D eigenvalue weighted by Gasteiger charge is -2.31. The standard InChI is InChI=1S/C19H24N2O2S/c1-12(2)15-4-5-16(17(22)10-15)19(23)21-8-6-14(7-9-21)18-20-11-13(3)24-18/h4-5,10-12,14,22H,6-9H2,1-3H3. The number of aryl methyl sites for hydroxylation is 1. The highest BCUT2D eigenvalue weighted by molar-refractivity contribution is 7.11. The molecule has 24 heavy (non-hydrogen) atoms. The summed E-state index contributed by atoms with van der Waals surface area (Å²) in [6.07, 6.45) is 3.79. The van der Waals surface area contributed by atoms with Gasteiger partial charge < -0.3 is 10.0 Å². The van der Waals surface area contributed by atoms with Crippen LogP contribution in [0.3, 0.4) is 0 Å². The van der Waals surface area contributed by atoms with Crippen LogP contribution in [0, 0.1) is 6.92 Å². The summed E-state index contributed by atoms with van der Waals surface area (Å²) in [4.78, 5) is 20.3. The molecule has 0 bridgehead atoms. The van der Waals surface area contributed by atoms with Gasteiger partial charge in [0, 0.05) is 30.1 Å². The van der Waals surface area contributed by atoms with Gasteiger partial charge in [0.1, 0.15) is 5.75 Å². The van der Waals surface area contributed by atoms with Crippen LogP contribution in [0.5, 0.6) is 5.75 Å². The molecule has 4 nitrogen and oxygen atoms in total. The van der Waals surface area contributed by atoms with Gasteiger partial charge in [0.15, 0.2) is 0 Å². The monoisotopic (exact) mass is 344 g/mol. The molecular weight excluding hydrogens is 320 g/mol. The van der Waals surface area contributed by atoms with Crippen molar-refractivity contribution in [1.29, 1.82) is 0 Å². The van der Waals surface area contributed by atoms with E-state index in [1.54, 1.807) is 23.5 Å². The van der Waals surface area contributed by atoms with E-state index in [2.05, 4.69) is 25.8 Å². The molecule has 1 aromatic heterocycles. The minimum atomic E-state index is -0.0726. The van der Waals surface area contributed by atoms with E-state index in [1.165, 1.54) is 9.88 Å². The second kappa shape index (κ2) is 6.93. The van der Waals surface area contributed by atoms with Gasteiger partial charge in [0.25, 0.3) is 5.91 Å². The smallest absolute Gasteiger partial charge is 0.257 e. The van der Waals surface area contributed by atoms with E-state index < -0.39 is 0 Å². The first-order chi connectivity index (χ1) is 11.5. The van der Waals surface area contributed by atoms with Crippen LogP contribution in [0.15, 0.2) is 24.4 Å². The number of aromatic hydroxyl groups is 1. The molecule has 1 aliphatic heterocycles. The molecule has 0 saturated carbocycles. The Morgan fingerprint density at radius 2 is 2.04 bits per heavy atom. The normalized spacial score (nSPS) is 15.9. The largest absolute Gasteiger partial charge is 0.507 e. The predicted molar refractivity (Wildman–Crippen MR) is 96.9 cm³/mol. The molecule has 0 aliphatic carbocycles. The summed E-state index contributed by atoms with van der Waals surface area (Å²) in [5, 5.41) is 11.4. The molecule has 0 radical (unpaired) electrons. The third kappa shape index (κ3) is 3.46. The van der Waals surface area contributed by atoms with Gasteiger partial charge in [-0.25, -0.2) is 4.98 Å². The number of hydrogen-bond donors (Lipinski definition) is 1. The molecule has 1 N–H and O–H groups in total. The molecule has 1 aromatic carbocycles. The summed E-state index contributed by atoms with van der Waals surface area (Å²) >= 11 is 1.75. The fourth-order valence-electron chi connectivity index (χ4n) is 3.15. The van der Waals surface area contributed by atoms with E-state index in [4.69, 9.17) is 0 Å². The average molecular weight is 344 g/mol. The van der Waals surface area contributed by atoms with E-state index in [9.17, 15) is 9.90 Å². The van der Waals surface area contributed by atoms with Gasteiger partial charge in [-0.15, -0.1) is 11.3 Å². The average Bonchev–Trinajstić information content (AvgIpc) is 3.00. The van der Waals surface area contributed by atoms with Gasteiger partial charge in [0.2, 0.25) is 0 Å². The quantitative estimate of drug-likeness (QED) is 0.903. The molecule has 2 aromatic rings. The van der Waals surface area contributed by atoms with Crippen molar-refractivity contribution in [2.24, 2.45) is 0 Å². The summed E-state index contributed by atoms with van der Waals surface area (Å²) in [5.74, 6) is 0.794. The third-order valence-corrected chi connectivity index (χ3v) is 5.76. The van der Waals surface area contributed by atoms with Crippen LogP contribution in [0.2, 0.25) is 0 Å². The van der Waals surface area contributed by atoms with Crippen molar-refractivity contribution in [2.75, 3.05) is 13.1 Å². The van der Waals surface area contributed by atoms with E-state index >= 15 is 0 Å². The van der Waals surface area contributed by atoms with Crippen LogP contribution in [-0.2, 0) is 0 Å². The minimum absolute atomic E-state index is 0.0726. The van der Waals surface area contributed by atoms with Crippen molar-refractivity contribution in [3.05, 3.63) is 45.4 Å². The SMILES string of the molecule is Cc1cnc(C2CCN(C(=O)c3ccc(C(C)C)cc3O)CC2)s1. The van der Waals surface area contributed by atoms with Crippen LogP contribution >= 0.6 is 11.3 Å². The minimum Gasteiger partial charge on any atom is -0.507 e. The zero-order valence-electron chi connectivity index (χ0n) is 14.5. The van der Waals surface area contributed by atoms with Crippen molar-refractivity contribution in [3.63, 3.8) is 0 Å². The molecule has 2 heterocycles. The van der Waals surface area contributed by atoms with E-state index in [1.807, 2.05) is 17.2 Å². The number of thiazole rings is 1. The Hall–Kier alpha value is -1.88. The van der Waals surface area contributed by atoms with Crippen molar-refractivity contribution >= 4 is 17.2 Å². The van der Waals surface area contributed by atoms with Gasteiger partial charge in [-0.05, 0) is 43.4 Å². The molecule has 1 saturated heterocycles. The molecular formula is C19H24N2O2S. The Balaban J connectivity index is 1.67. The highest BCUT2D eigenvalue weighted by atomic mass is 32.1. The Kier molecular flexibility index (Phi) is 4.90. The van der Waals surface area contributed by atoms with Crippen LogP contribution in [-0.4, -0.2) is 34.0 Å². The van der Waals surface area contributed by atoms with Crippen LogP contribution < -0.4 is 0 Å². The molecule has 128 valence electrons. The van der Waals surface area contributed by atoms with E-state index in [-0.39, 0.29) is 11.7 Å². The Morgan fingerprint density at radius 1 is 1.33 bits per heavy atom. The third-order valence-electron chi connectivity index (χ3n) is 4.69. The first-order valence-corrected chi connectivity index (χ1v) is 9.32.